The van der Waals surface area contributed by atoms with Crippen LogP contribution in [0.2, 0.25) is 0 Å². The summed E-state index contributed by atoms with van der Waals surface area (Å²) in [6.07, 6.45) is -1.66. The predicted octanol–water partition coefficient (Wildman–Crippen LogP) is 1.68. The molecule has 2 rings (SSSR count). The summed E-state index contributed by atoms with van der Waals surface area (Å²) in [4.78, 5) is 28.1. The predicted molar refractivity (Wildman–Crippen MR) is 76.3 cm³/mol. The fourth-order valence-corrected chi connectivity index (χ4v) is 2.77. The Hall–Kier alpha value is -2.12. The number of amides is 2. The molecule has 0 aliphatic carbocycles. The summed E-state index contributed by atoms with van der Waals surface area (Å²) in [5, 5.41) is 2.59. The monoisotopic (exact) mass is 329 g/mol. The van der Waals surface area contributed by atoms with E-state index in [1.54, 1.807) is 12.1 Å². The van der Waals surface area contributed by atoms with Crippen LogP contribution in [0.1, 0.15) is 25.3 Å². The molecule has 0 saturated carbocycles. The Morgan fingerprint density at radius 3 is 2.70 bits per heavy atom. The van der Waals surface area contributed by atoms with Crippen molar-refractivity contribution in [3.63, 3.8) is 0 Å². The summed E-state index contributed by atoms with van der Waals surface area (Å²) < 4.78 is 39.6. The molecule has 1 aliphatic rings. The number of carbonyl (C=O) groups is 2. The summed E-state index contributed by atoms with van der Waals surface area (Å²) in [5.74, 6) is -0.935. The molecular formula is C15H18F3N3O2. The average Bonchev–Trinajstić information content (AvgIpc) is 2.46. The van der Waals surface area contributed by atoms with Gasteiger partial charge in [-0.3, -0.25) is 14.6 Å². The highest BCUT2D eigenvalue weighted by Crippen LogP contribution is 2.32. The molecule has 1 aromatic heterocycles. The fraction of sp³-hybridized carbons (Fsp3) is 0.533. The van der Waals surface area contributed by atoms with Gasteiger partial charge in [0.25, 0.3) is 0 Å². The van der Waals surface area contributed by atoms with Gasteiger partial charge in [0.15, 0.2) is 0 Å². The SMILES string of the molecule is CC(=O)N[C@H]1CC[C@H](C(F)(F)F)N(C(=O)Cc2cccnc2)C1. The third kappa shape index (κ3) is 4.67. The number of carbonyl (C=O) groups excluding carboxylic acids is 2. The number of rotatable bonds is 3. The van der Waals surface area contributed by atoms with Gasteiger partial charge < -0.3 is 10.2 Å². The Morgan fingerprint density at radius 2 is 2.13 bits per heavy atom. The normalized spacial score (nSPS) is 21.8. The second-order valence-corrected chi connectivity index (χ2v) is 5.62. The summed E-state index contributed by atoms with van der Waals surface area (Å²) in [5.41, 5.74) is 0.556. The first-order valence-electron chi connectivity index (χ1n) is 7.29. The molecular weight excluding hydrogens is 311 g/mol. The number of piperidine rings is 1. The molecule has 126 valence electrons. The quantitative estimate of drug-likeness (QED) is 0.918. The van der Waals surface area contributed by atoms with Crippen LogP contribution in [0.4, 0.5) is 13.2 Å². The Bertz CT molecular complexity index is 563. The van der Waals surface area contributed by atoms with E-state index >= 15 is 0 Å². The Morgan fingerprint density at radius 1 is 1.39 bits per heavy atom. The number of alkyl halides is 3. The minimum Gasteiger partial charge on any atom is -0.352 e. The van der Waals surface area contributed by atoms with E-state index in [4.69, 9.17) is 0 Å². The summed E-state index contributed by atoms with van der Waals surface area (Å²) in [6.45, 7) is 1.17. The lowest BCUT2D eigenvalue weighted by molar-refractivity contribution is -0.197. The van der Waals surface area contributed by atoms with E-state index in [0.717, 1.165) is 4.90 Å². The number of aromatic nitrogens is 1. The minimum atomic E-state index is -4.48. The van der Waals surface area contributed by atoms with E-state index in [9.17, 15) is 22.8 Å². The van der Waals surface area contributed by atoms with Crippen LogP contribution in [-0.2, 0) is 16.0 Å². The molecule has 0 bridgehead atoms. The van der Waals surface area contributed by atoms with E-state index in [2.05, 4.69) is 10.3 Å². The van der Waals surface area contributed by atoms with Crippen LogP contribution < -0.4 is 5.32 Å². The first kappa shape index (κ1) is 17.2. The molecule has 1 fully saturated rings. The van der Waals surface area contributed by atoms with Crippen LogP contribution in [0.3, 0.4) is 0 Å². The highest BCUT2D eigenvalue weighted by atomic mass is 19.4. The van der Waals surface area contributed by atoms with E-state index in [1.807, 2.05) is 0 Å². The smallest absolute Gasteiger partial charge is 0.352 e. The molecule has 0 spiro atoms. The Kier molecular flexibility index (Phi) is 5.23. The number of hydrogen-bond donors (Lipinski definition) is 1. The molecule has 1 aromatic rings. The molecule has 0 radical (unpaired) electrons. The zero-order chi connectivity index (χ0) is 17.0. The van der Waals surface area contributed by atoms with Gasteiger partial charge in [-0.15, -0.1) is 0 Å². The van der Waals surface area contributed by atoms with Gasteiger partial charge in [0.1, 0.15) is 6.04 Å². The molecule has 8 heteroatoms. The zero-order valence-electron chi connectivity index (χ0n) is 12.6. The maximum atomic E-state index is 13.2. The minimum absolute atomic E-state index is 0.136. The van der Waals surface area contributed by atoms with Crippen molar-refractivity contribution in [3.8, 4) is 0 Å². The van der Waals surface area contributed by atoms with Crippen molar-refractivity contribution >= 4 is 11.8 Å². The molecule has 5 nitrogen and oxygen atoms in total. The summed E-state index contributed by atoms with van der Waals surface area (Å²) >= 11 is 0. The van der Waals surface area contributed by atoms with Crippen LogP contribution in [0.15, 0.2) is 24.5 Å². The van der Waals surface area contributed by atoms with Gasteiger partial charge in [0, 0.05) is 31.9 Å². The zero-order valence-corrected chi connectivity index (χ0v) is 12.6. The molecule has 23 heavy (non-hydrogen) atoms. The maximum Gasteiger partial charge on any atom is 0.408 e. The standard InChI is InChI=1S/C15H18F3N3O2/c1-10(22)20-12-4-5-13(15(16,17)18)21(9-12)14(23)7-11-3-2-6-19-8-11/h2-3,6,8,12-13H,4-5,7,9H2,1H3,(H,20,22)/t12-,13+/m0/s1. The van der Waals surface area contributed by atoms with Crippen molar-refractivity contribution < 1.29 is 22.8 Å². The average molecular weight is 329 g/mol. The summed E-state index contributed by atoms with van der Waals surface area (Å²) in [7, 11) is 0. The van der Waals surface area contributed by atoms with Crippen LogP contribution in [0, 0.1) is 0 Å². The van der Waals surface area contributed by atoms with Gasteiger partial charge in [-0.2, -0.15) is 13.2 Å². The maximum absolute atomic E-state index is 13.2. The molecule has 2 atom stereocenters. The van der Waals surface area contributed by atoms with Crippen molar-refractivity contribution in [1.29, 1.82) is 0 Å². The topological polar surface area (TPSA) is 62.3 Å². The largest absolute Gasteiger partial charge is 0.408 e. The Balaban J connectivity index is 2.13. The molecule has 2 amide bonds. The van der Waals surface area contributed by atoms with E-state index in [1.165, 1.54) is 19.3 Å². The van der Waals surface area contributed by atoms with Crippen LogP contribution in [0.25, 0.3) is 0 Å². The molecule has 0 aromatic carbocycles. The van der Waals surface area contributed by atoms with Crippen LogP contribution in [0.5, 0.6) is 0 Å². The first-order chi connectivity index (χ1) is 10.8. The third-order valence-corrected chi connectivity index (χ3v) is 3.77. The molecule has 2 heterocycles. The second kappa shape index (κ2) is 6.97. The Labute approximate surface area is 131 Å². The lowest BCUT2D eigenvalue weighted by Crippen LogP contribution is -2.58. The van der Waals surface area contributed by atoms with Gasteiger partial charge >= 0.3 is 6.18 Å². The van der Waals surface area contributed by atoms with Crippen molar-refractivity contribution in [3.05, 3.63) is 30.1 Å². The van der Waals surface area contributed by atoms with E-state index in [-0.39, 0.29) is 31.7 Å². The van der Waals surface area contributed by atoms with Gasteiger partial charge in [-0.05, 0) is 24.5 Å². The summed E-state index contributed by atoms with van der Waals surface area (Å²) in [6, 6.07) is 1.00. The van der Waals surface area contributed by atoms with E-state index < -0.39 is 24.2 Å². The van der Waals surface area contributed by atoms with Crippen molar-refractivity contribution in [2.45, 2.75) is 44.4 Å². The number of pyridine rings is 1. The van der Waals surface area contributed by atoms with Crippen molar-refractivity contribution in [2.75, 3.05) is 6.54 Å². The molecule has 1 saturated heterocycles. The number of halogens is 3. The molecule has 1 N–H and O–H groups in total. The van der Waals surface area contributed by atoms with Crippen LogP contribution >= 0.6 is 0 Å². The number of hydrogen-bond acceptors (Lipinski definition) is 3. The highest BCUT2D eigenvalue weighted by molar-refractivity contribution is 5.79. The van der Waals surface area contributed by atoms with E-state index in [0.29, 0.717) is 5.56 Å². The number of nitrogens with one attached hydrogen (secondary N) is 1. The van der Waals surface area contributed by atoms with Crippen molar-refractivity contribution in [2.24, 2.45) is 0 Å². The molecule has 1 aliphatic heterocycles. The highest BCUT2D eigenvalue weighted by Gasteiger charge is 2.47. The third-order valence-electron chi connectivity index (χ3n) is 3.77. The van der Waals surface area contributed by atoms with Gasteiger partial charge in [0.05, 0.1) is 6.42 Å². The lowest BCUT2D eigenvalue weighted by atomic mass is 9.96. The first-order valence-corrected chi connectivity index (χ1v) is 7.29. The van der Waals surface area contributed by atoms with Gasteiger partial charge in [-0.25, -0.2) is 0 Å². The van der Waals surface area contributed by atoms with Crippen LogP contribution in [-0.4, -0.2) is 46.5 Å². The lowest BCUT2D eigenvalue weighted by Gasteiger charge is -2.40. The van der Waals surface area contributed by atoms with Gasteiger partial charge in [0.2, 0.25) is 11.8 Å². The number of nitrogens with zero attached hydrogens (tertiary/aromatic N) is 2. The van der Waals surface area contributed by atoms with Crippen molar-refractivity contribution in [1.82, 2.24) is 15.2 Å². The number of likely N-dealkylation sites (tertiary alicyclic amines) is 1. The molecule has 0 unspecified atom stereocenters. The fourth-order valence-electron chi connectivity index (χ4n) is 2.77. The van der Waals surface area contributed by atoms with Gasteiger partial charge in [-0.1, -0.05) is 6.07 Å². The second-order valence-electron chi connectivity index (χ2n) is 5.62.